The molecular formula is C12H8F18O6S2. The second kappa shape index (κ2) is 9.88. The van der Waals surface area contributed by atoms with E-state index in [2.05, 4.69) is 8.37 Å². The largest absolute Gasteiger partial charge is 0.460 e. The van der Waals surface area contributed by atoms with E-state index in [1.54, 1.807) is 0 Å². The summed E-state index contributed by atoms with van der Waals surface area (Å²) in [7, 11) is -15.6. The molecule has 0 aliphatic carbocycles. The Balaban J connectivity index is 6.18. The van der Waals surface area contributed by atoms with E-state index in [4.69, 9.17) is 0 Å². The smallest absolute Gasteiger partial charge is 0.263 e. The van der Waals surface area contributed by atoms with Crippen LogP contribution >= 0.6 is 0 Å². The SMILES string of the molecule is CCC(COS(=O)(=O)C(F)(F)C(F)(F)C(F)(F)C(F)(F)F)OS(=O)(=O)C(F)(F)C(F)(F)C(F)(F)C(F)(F)F. The van der Waals surface area contributed by atoms with Crippen LogP contribution in [0.4, 0.5) is 79.0 Å². The summed E-state index contributed by atoms with van der Waals surface area (Å²) >= 11 is 0. The summed E-state index contributed by atoms with van der Waals surface area (Å²) < 4.78 is 281. The number of alkyl halides is 18. The minimum Gasteiger partial charge on any atom is -0.263 e. The second-order valence-corrected chi connectivity index (χ2v) is 9.92. The zero-order chi connectivity index (χ0) is 31.4. The van der Waals surface area contributed by atoms with Crippen molar-refractivity contribution in [2.24, 2.45) is 0 Å². The van der Waals surface area contributed by atoms with Crippen LogP contribution in [0.1, 0.15) is 13.3 Å². The van der Waals surface area contributed by atoms with Gasteiger partial charge >= 0.3 is 66.8 Å². The van der Waals surface area contributed by atoms with Gasteiger partial charge in [0.1, 0.15) is 6.10 Å². The van der Waals surface area contributed by atoms with Crippen molar-refractivity contribution in [3.8, 4) is 0 Å². The summed E-state index contributed by atoms with van der Waals surface area (Å²) in [6.07, 6.45) is -19.8. The third-order valence-corrected chi connectivity index (χ3v) is 6.73. The monoisotopic (exact) mass is 654 g/mol. The summed E-state index contributed by atoms with van der Waals surface area (Å²) in [5, 5.41) is -15.1. The van der Waals surface area contributed by atoms with Crippen molar-refractivity contribution < 1.29 is 104 Å². The molecule has 6 nitrogen and oxygen atoms in total. The molecule has 0 saturated heterocycles. The number of halogens is 18. The second-order valence-electron chi connectivity index (χ2n) is 6.65. The van der Waals surface area contributed by atoms with Crippen molar-refractivity contribution in [2.75, 3.05) is 6.61 Å². The van der Waals surface area contributed by atoms with Gasteiger partial charge in [-0.2, -0.15) is 95.9 Å². The van der Waals surface area contributed by atoms with E-state index in [0.29, 0.717) is 6.92 Å². The topological polar surface area (TPSA) is 86.7 Å². The van der Waals surface area contributed by atoms with Gasteiger partial charge in [0, 0.05) is 0 Å². The van der Waals surface area contributed by atoms with Crippen LogP contribution in [0.5, 0.6) is 0 Å². The molecule has 0 bridgehead atoms. The standard InChI is InChI=1S/C12H8F18O6S2/c1-2-4(36-38(33,34)12(29,30)8(19,20)6(15,16)10(24,25)26)3-35-37(31,32)11(27,28)7(17,18)5(13,14)9(21,22)23/h4H,2-3H2,1H3. The molecule has 38 heavy (non-hydrogen) atoms. The van der Waals surface area contributed by atoms with Crippen LogP contribution in [-0.4, -0.2) is 76.1 Å². The van der Waals surface area contributed by atoms with Gasteiger partial charge in [-0.05, 0) is 6.42 Å². The Labute approximate surface area is 198 Å². The van der Waals surface area contributed by atoms with E-state index >= 15 is 0 Å². The molecule has 0 aromatic heterocycles. The predicted molar refractivity (Wildman–Crippen MR) is 80.7 cm³/mol. The summed E-state index contributed by atoms with van der Waals surface area (Å²) in [6, 6.07) is 0. The van der Waals surface area contributed by atoms with Crippen molar-refractivity contribution in [1.29, 1.82) is 0 Å². The summed E-state index contributed by atoms with van der Waals surface area (Å²) in [5.41, 5.74) is 0. The lowest BCUT2D eigenvalue weighted by Gasteiger charge is -2.33. The van der Waals surface area contributed by atoms with Gasteiger partial charge in [0.25, 0.3) is 0 Å². The molecule has 0 aliphatic heterocycles. The first-order valence-electron chi connectivity index (χ1n) is 8.36. The van der Waals surface area contributed by atoms with E-state index < -0.39 is 85.9 Å². The first-order valence-corrected chi connectivity index (χ1v) is 11.2. The molecule has 0 radical (unpaired) electrons. The third kappa shape index (κ3) is 5.57. The zero-order valence-electron chi connectivity index (χ0n) is 17.1. The maximum Gasteiger partial charge on any atom is 0.460 e. The lowest BCUT2D eigenvalue weighted by molar-refractivity contribution is -0.383. The molecule has 0 N–H and O–H groups in total. The van der Waals surface area contributed by atoms with Crippen LogP contribution in [0.3, 0.4) is 0 Å². The Morgan fingerprint density at radius 1 is 0.526 bits per heavy atom. The highest BCUT2D eigenvalue weighted by Crippen LogP contribution is 2.56. The Morgan fingerprint density at radius 3 is 1.08 bits per heavy atom. The molecule has 0 heterocycles. The maximum absolute atomic E-state index is 13.6. The van der Waals surface area contributed by atoms with Gasteiger partial charge in [-0.3, -0.25) is 8.37 Å². The Bertz CT molecular complexity index is 1060. The number of hydrogen-bond donors (Lipinski definition) is 0. The van der Waals surface area contributed by atoms with E-state index in [1.165, 1.54) is 0 Å². The van der Waals surface area contributed by atoms with Crippen molar-refractivity contribution >= 4 is 20.2 Å². The molecule has 0 saturated carbocycles. The molecule has 0 aromatic carbocycles. The third-order valence-electron chi connectivity index (χ3n) is 3.99. The van der Waals surface area contributed by atoms with E-state index in [0.717, 1.165) is 0 Å². The van der Waals surface area contributed by atoms with Gasteiger partial charge in [-0.15, -0.1) is 0 Å². The average molecular weight is 654 g/mol. The predicted octanol–water partition coefficient (Wildman–Crippen LogP) is 5.31. The first kappa shape index (κ1) is 36.6. The maximum atomic E-state index is 13.6. The van der Waals surface area contributed by atoms with Crippen molar-refractivity contribution in [1.82, 2.24) is 0 Å². The van der Waals surface area contributed by atoms with Gasteiger partial charge in [0.05, 0.1) is 6.61 Å². The molecule has 230 valence electrons. The minimum atomic E-state index is -7.89. The Kier molecular flexibility index (Phi) is 9.51. The fourth-order valence-electron chi connectivity index (χ4n) is 1.73. The molecule has 26 heteroatoms. The van der Waals surface area contributed by atoms with E-state index in [1.807, 2.05) is 0 Å². The molecule has 0 amide bonds. The lowest BCUT2D eigenvalue weighted by atomic mass is 10.1. The molecule has 1 atom stereocenters. The Hall–Kier alpha value is -1.44. The minimum absolute atomic E-state index is 0.404. The number of hydrogen-bond acceptors (Lipinski definition) is 6. The molecule has 0 fully saturated rings. The Morgan fingerprint density at radius 2 is 0.816 bits per heavy atom. The fraction of sp³-hybridized carbons (Fsp3) is 1.00. The summed E-state index contributed by atoms with van der Waals surface area (Å²) in [5.74, 6) is -31.4. The van der Waals surface area contributed by atoms with Crippen LogP contribution in [0.2, 0.25) is 0 Å². The van der Waals surface area contributed by atoms with E-state index in [-0.39, 0.29) is 0 Å². The molecule has 0 spiro atoms. The first-order chi connectivity index (χ1) is 16.1. The van der Waals surface area contributed by atoms with Gasteiger partial charge in [0.2, 0.25) is 0 Å². The normalized spacial score (nSPS) is 17.0. The molecule has 0 rings (SSSR count). The fourth-order valence-corrected chi connectivity index (χ4v) is 3.76. The molecule has 1 unspecified atom stereocenters. The highest BCUT2D eigenvalue weighted by atomic mass is 32.2. The highest BCUT2D eigenvalue weighted by molar-refractivity contribution is 7.88. The number of rotatable bonds is 12. The van der Waals surface area contributed by atoms with Gasteiger partial charge in [-0.25, -0.2) is 0 Å². The van der Waals surface area contributed by atoms with E-state index in [9.17, 15) is 95.9 Å². The van der Waals surface area contributed by atoms with Crippen LogP contribution in [0.15, 0.2) is 0 Å². The summed E-state index contributed by atoms with van der Waals surface area (Å²) in [4.78, 5) is 0. The van der Waals surface area contributed by atoms with Crippen molar-refractivity contribution in [3.63, 3.8) is 0 Å². The van der Waals surface area contributed by atoms with Crippen LogP contribution in [0, 0.1) is 0 Å². The van der Waals surface area contributed by atoms with Crippen LogP contribution in [-0.2, 0) is 28.6 Å². The highest BCUT2D eigenvalue weighted by Gasteiger charge is 2.87. The van der Waals surface area contributed by atoms with Crippen molar-refractivity contribution in [3.05, 3.63) is 0 Å². The van der Waals surface area contributed by atoms with Gasteiger partial charge in [0.15, 0.2) is 0 Å². The van der Waals surface area contributed by atoms with Gasteiger partial charge in [-0.1, -0.05) is 6.92 Å². The average Bonchev–Trinajstić information content (AvgIpc) is 2.68. The zero-order valence-corrected chi connectivity index (χ0v) is 18.7. The quantitative estimate of drug-likeness (QED) is 0.210. The molecular weight excluding hydrogens is 646 g/mol. The van der Waals surface area contributed by atoms with Crippen LogP contribution < -0.4 is 0 Å². The molecule has 0 aromatic rings. The summed E-state index contributed by atoms with van der Waals surface area (Å²) in [6.45, 7) is -2.29. The van der Waals surface area contributed by atoms with Gasteiger partial charge < -0.3 is 0 Å². The molecule has 0 aliphatic rings. The van der Waals surface area contributed by atoms with Crippen molar-refractivity contribution in [2.45, 2.75) is 66.0 Å². The van der Waals surface area contributed by atoms with Crippen LogP contribution in [0.25, 0.3) is 0 Å². The lowest BCUT2D eigenvalue weighted by Crippen LogP contribution is -2.64.